The Morgan fingerprint density at radius 2 is 1.94 bits per heavy atom. The Morgan fingerprint density at radius 1 is 1.12 bits per heavy atom. The van der Waals surface area contributed by atoms with Gasteiger partial charge >= 0.3 is 5.97 Å². The molecule has 34 heavy (non-hydrogen) atoms. The number of para-hydroxylation sites is 1. The van der Waals surface area contributed by atoms with Crippen molar-refractivity contribution in [3.8, 4) is 17.2 Å². The third-order valence-corrected chi connectivity index (χ3v) is 5.74. The van der Waals surface area contributed by atoms with Crippen LogP contribution in [0.3, 0.4) is 0 Å². The van der Waals surface area contributed by atoms with Gasteiger partial charge in [0.15, 0.2) is 23.1 Å². The highest BCUT2D eigenvalue weighted by molar-refractivity contribution is 6.30. The molecule has 1 aliphatic heterocycles. The van der Waals surface area contributed by atoms with E-state index < -0.39 is 18.2 Å². The van der Waals surface area contributed by atoms with Gasteiger partial charge in [-0.05, 0) is 31.2 Å². The first-order valence-electron chi connectivity index (χ1n) is 10.8. The van der Waals surface area contributed by atoms with Crippen LogP contribution >= 0.6 is 11.6 Å². The number of carbonyl (C=O) groups is 1. The summed E-state index contributed by atoms with van der Waals surface area (Å²) in [7, 11) is 4.72. The third-order valence-electron chi connectivity index (χ3n) is 5.50. The average Bonchev–Trinajstić information content (AvgIpc) is 3.19. The van der Waals surface area contributed by atoms with Gasteiger partial charge in [0, 0.05) is 23.3 Å². The topological polar surface area (TPSA) is 93.9 Å². The molecule has 0 bridgehead atoms. The Morgan fingerprint density at radius 3 is 2.65 bits per heavy atom. The van der Waals surface area contributed by atoms with Crippen LogP contribution in [-0.4, -0.2) is 48.7 Å². The maximum atomic E-state index is 12.5. The standard InChI is InChI=1S/C24H26ClN3O6/c1-5-33-21(29)12-19-24-27-26-20(13-30-2)28(24)17-10-9-14(25)11-16(17)22(34-19)15-7-6-8-18(31-3)23(15)32-4/h6-11,19,22H,5,12-13H2,1-4H3/t19-,22-/m0/s1. The minimum atomic E-state index is -0.760. The summed E-state index contributed by atoms with van der Waals surface area (Å²) in [5.41, 5.74) is 2.23. The number of hydrogen-bond donors (Lipinski definition) is 0. The third kappa shape index (κ3) is 4.46. The predicted molar refractivity (Wildman–Crippen MR) is 124 cm³/mol. The number of carbonyl (C=O) groups excluding carboxylic acids is 1. The van der Waals surface area contributed by atoms with Gasteiger partial charge in [-0.25, -0.2) is 0 Å². The highest BCUT2D eigenvalue weighted by Crippen LogP contribution is 2.46. The lowest BCUT2D eigenvalue weighted by atomic mass is 9.98. The number of nitrogens with zero attached hydrogens (tertiary/aromatic N) is 3. The zero-order valence-corrected chi connectivity index (χ0v) is 20.2. The second-order valence-corrected chi connectivity index (χ2v) is 7.98. The summed E-state index contributed by atoms with van der Waals surface area (Å²) >= 11 is 6.43. The first kappa shape index (κ1) is 24.0. The predicted octanol–water partition coefficient (Wildman–Crippen LogP) is 4.20. The quantitative estimate of drug-likeness (QED) is 0.436. The first-order chi connectivity index (χ1) is 16.5. The molecule has 0 amide bonds. The zero-order valence-electron chi connectivity index (χ0n) is 19.4. The minimum Gasteiger partial charge on any atom is -0.493 e. The van der Waals surface area contributed by atoms with Gasteiger partial charge in [0.2, 0.25) is 0 Å². The van der Waals surface area contributed by atoms with E-state index in [1.54, 1.807) is 40.4 Å². The molecule has 180 valence electrons. The maximum Gasteiger partial charge on any atom is 0.308 e. The van der Waals surface area contributed by atoms with Crippen molar-refractivity contribution in [3.05, 3.63) is 64.2 Å². The van der Waals surface area contributed by atoms with Crippen molar-refractivity contribution in [2.45, 2.75) is 32.2 Å². The lowest BCUT2D eigenvalue weighted by Crippen LogP contribution is -2.17. The molecule has 9 nitrogen and oxygen atoms in total. The average molecular weight is 488 g/mol. The molecule has 2 heterocycles. The van der Waals surface area contributed by atoms with Crippen molar-refractivity contribution in [1.29, 1.82) is 0 Å². The number of ether oxygens (including phenoxy) is 5. The van der Waals surface area contributed by atoms with Crippen LogP contribution in [0.15, 0.2) is 36.4 Å². The normalized spacial score (nSPS) is 16.9. The number of esters is 1. The molecular formula is C24H26ClN3O6. The number of fused-ring (bicyclic) bond motifs is 3. The molecule has 0 fully saturated rings. The van der Waals surface area contributed by atoms with E-state index in [1.807, 2.05) is 28.8 Å². The molecule has 10 heteroatoms. The number of halogens is 1. The summed E-state index contributed by atoms with van der Waals surface area (Å²) < 4.78 is 30.2. The first-order valence-corrected chi connectivity index (χ1v) is 11.1. The highest BCUT2D eigenvalue weighted by Gasteiger charge is 2.36. The summed E-state index contributed by atoms with van der Waals surface area (Å²) in [5.74, 6) is 1.70. The fourth-order valence-corrected chi connectivity index (χ4v) is 4.31. The van der Waals surface area contributed by atoms with Gasteiger partial charge in [0.05, 0.1) is 32.9 Å². The molecule has 3 aromatic rings. The van der Waals surface area contributed by atoms with Crippen LogP contribution in [0.4, 0.5) is 0 Å². The van der Waals surface area contributed by atoms with Gasteiger partial charge < -0.3 is 23.7 Å². The fourth-order valence-electron chi connectivity index (χ4n) is 4.13. The highest BCUT2D eigenvalue weighted by atomic mass is 35.5. The molecule has 4 rings (SSSR count). The number of hydrogen-bond acceptors (Lipinski definition) is 8. The summed E-state index contributed by atoms with van der Waals surface area (Å²) in [4.78, 5) is 12.5. The van der Waals surface area contributed by atoms with Crippen LogP contribution < -0.4 is 9.47 Å². The number of aromatic nitrogens is 3. The lowest BCUT2D eigenvalue weighted by molar-refractivity contribution is -0.147. The summed E-state index contributed by atoms with van der Waals surface area (Å²) in [5, 5.41) is 9.19. The van der Waals surface area contributed by atoms with Crippen molar-refractivity contribution in [1.82, 2.24) is 14.8 Å². The molecule has 2 aromatic carbocycles. The van der Waals surface area contributed by atoms with Gasteiger partial charge in [0.1, 0.15) is 18.8 Å². The zero-order chi connectivity index (χ0) is 24.2. The number of benzene rings is 2. The molecule has 2 atom stereocenters. The summed E-state index contributed by atoms with van der Waals surface area (Å²) in [6.07, 6.45) is -1.47. The molecule has 0 N–H and O–H groups in total. The summed E-state index contributed by atoms with van der Waals surface area (Å²) in [6, 6.07) is 11.0. The molecule has 0 aliphatic carbocycles. The van der Waals surface area contributed by atoms with Gasteiger partial charge in [-0.2, -0.15) is 0 Å². The van der Waals surface area contributed by atoms with Crippen LogP contribution in [0.25, 0.3) is 5.69 Å². The molecule has 1 aliphatic rings. The van der Waals surface area contributed by atoms with E-state index in [0.717, 1.165) is 11.3 Å². The Labute approximate surface area is 202 Å². The van der Waals surface area contributed by atoms with Crippen LogP contribution in [0.5, 0.6) is 11.5 Å². The van der Waals surface area contributed by atoms with Crippen LogP contribution in [0.2, 0.25) is 5.02 Å². The molecule has 0 radical (unpaired) electrons. The fraction of sp³-hybridized carbons (Fsp3) is 0.375. The Bertz CT molecular complexity index is 1180. The molecule has 1 aromatic heterocycles. The largest absolute Gasteiger partial charge is 0.493 e. The molecular weight excluding hydrogens is 462 g/mol. The summed E-state index contributed by atoms with van der Waals surface area (Å²) in [6.45, 7) is 2.23. The second kappa shape index (κ2) is 10.4. The van der Waals surface area contributed by atoms with E-state index in [1.165, 1.54) is 0 Å². The van der Waals surface area contributed by atoms with E-state index in [9.17, 15) is 4.79 Å². The number of rotatable bonds is 8. The number of methoxy groups -OCH3 is 3. The SMILES string of the molecule is CCOC(=O)C[C@@H]1O[C@@H](c2cccc(OC)c2OC)c2cc(Cl)ccc2-n2c(COC)nnc21. The maximum absolute atomic E-state index is 12.5. The van der Waals surface area contributed by atoms with Gasteiger partial charge in [-0.3, -0.25) is 9.36 Å². The molecule has 0 saturated carbocycles. The van der Waals surface area contributed by atoms with Gasteiger partial charge in [-0.1, -0.05) is 23.7 Å². The van der Waals surface area contributed by atoms with Crippen molar-refractivity contribution >= 4 is 17.6 Å². The second-order valence-electron chi connectivity index (χ2n) is 7.54. The van der Waals surface area contributed by atoms with Crippen molar-refractivity contribution in [2.75, 3.05) is 27.9 Å². The Balaban J connectivity index is 1.95. The Hall–Kier alpha value is -3.14. The Kier molecular flexibility index (Phi) is 7.35. The van der Waals surface area contributed by atoms with E-state index in [-0.39, 0.29) is 19.6 Å². The van der Waals surface area contributed by atoms with Crippen LogP contribution in [0.1, 0.15) is 48.3 Å². The minimum absolute atomic E-state index is 0.0521. The molecule has 0 unspecified atom stereocenters. The van der Waals surface area contributed by atoms with E-state index in [4.69, 9.17) is 35.3 Å². The van der Waals surface area contributed by atoms with Crippen molar-refractivity contribution in [3.63, 3.8) is 0 Å². The van der Waals surface area contributed by atoms with Gasteiger partial charge in [-0.15, -0.1) is 10.2 Å². The smallest absolute Gasteiger partial charge is 0.308 e. The van der Waals surface area contributed by atoms with Crippen molar-refractivity contribution < 1.29 is 28.5 Å². The van der Waals surface area contributed by atoms with E-state index >= 15 is 0 Å². The van der Waals surface area contributed by atoms with Crippen LogP contribution in [0, 0.1) is 0 Å². The van der Waals surface area contributed by atoms with Crippen molar-refractivity contribution in [2.24, 2.45) is 0 Å². The monoisotopic (exact) mass is 487 g/mol. The molecule has 0 saturated heterocycles. The van der Waals surface area contributed by atoms with E-state index in [2.05, 4.69) is 10.2 Å². The molecule has 0 spiro atoms. The van der Waals surface area contributed by atoms with E-state index in [0.29, 0.717) is 33.7 Å². The van der Waals surface area contributed by atoms with Crippen LogP contribution in [-0.2, 0) is 25.6 Å². The van der Waals surface area contributed by atoms with Gasteiger partial charge in [0.25, 0.3) is 0 Å². The lowest BCUT2D eigenvalue weighted by Gasteiger charge is -2.24.